The van der Waals surface area contributed by atoms with Gasteiger partial charge in [0.2, 0.25) is 17.4 Å². The molecule has 4 heteroatoms. The summed E-state index contributed by atoms with van der Waals surface area (Å²) in [6, 6.07) is 17.7. The molecule has 22 heavy (non-hydrogen) atoms. The third kappa shape index (κ3) is 1.67. The Bertz CT molecular complexity index is 905. The van der Waals surface area contributed by atoms with Gasteiger partial charge in [-0.15, -0.1) is 0 Å². The minimum absolute atomic E-state index is 0.216. The van der Waals surface area contributed by atoms with Crippen molar-refractivity contribution in [3.8, 4) is 0 Å². The van der Waals surface area contributed by atoms with Gasteiger partial charge in [0.05, 0.1) is 0 Å². The van der Waals surface area contributed by atoms with Crippen LogP contribution in [0.4, 0.5) is 0 Å². The Morgan fingerprint density at radius 3 is 2.00 bits per heavy atom. The zero-order valence-electron chi connectivity index (χ0n) is 11.6. The number of rotatable bonds is 1. The summed E-state index contributed by atoms with van der Waals surface area (Å²) in [6.07, 6.45) is -0.906. The van der Waals surface area contributed by atoms with Crippen molar-refractivity contribution in [2.75, 3.05) is 0 Å². The van der Waals surface area contributed by atoms with E-state index in [0.717, 1.165) is 27.1 Å². The molecule has 0 bridgehead atoms. The maximum absolute atomic E-state index is 12.3. The maximum Gasteiger partial charge on any atom is 0.247 e. The first-order chi connectivity index (χ1) is 10.7. The van der Waals surface area contributed by atoms with Gasteiger partial charge in [-0.05, 0) is 27.6 Å². The molecule has 1 heterocycles. The summed E-state index contributed by atoms with van der Waals surface area (Å²) in [5.41, 5.74) is 6.31. The predicted molar refractivity (Wildman–Crippen MR) is 84.1 cm³/mol. The van der Waals surface area contributed by atoms with Crippen LogP contribution in [0.5, 0.6) is 0 Å². The molecule has 4 nitrogen and oxygen atoms in total. The van der Waals surface area contributed by atoms with Crippen molar-refractivity contribution < 1.29 is 14.6 Å². The highest BCUT2D eigenvalue weighted by Gasteiger charge is 2.37. The Morgan fingerprint density at radius 2 is 1.50 bits per heavy atom. The number of aliphatic hydroxyl groups excluding tert-OH is 1. The Balaban J connectivity index is 2.08. The first-order valence-electron chi connectivity index (χ1n) is 6.97. The fourth-order valence-electron chi connectivity index (χ4n) is 3.00. The standard InChI is InChI=1S/C18H13NO3/c19-18-16(21)15(20)17(22-18)14-12-7-3-1-5-10(12)9-11-6-2-4-8-13(11)14/h1-9,17,21H,19H2/t17-/m1/s1. The third-order valence-corrected chi connectivity index (χ3v) is 4.02. The fraction of sp³-hybridized carbons (Fsp3) is 0.0556. The van der Waals surface area contributed by atoms with Crippen molar-refractivity contribution in [3.05, 3.63) is 71.8 Å². The number of fused-ring (bicyclic) bond motifs is 2. The van der Waals surface area contributed by atoms with E-state index in [1.54, 1.807) is 0 Å². The lowest BCUT2D eigenvalue weighted by atomic mass is 9.92. The zero-order chi connectivity index (χ0) is 15.3. The highest BCUT2D eigenvalue weighted by atomic mass is 16.5. The van der Waals surface area contributed by atoms with Crippen LogP contribution in [0.25, 0.3) is 21.5 Å². The SMILES string of the molecule is NC1=C(O)C(=O)[C@@H](c2c3ccccc3cc3ccccc23)O1. The van der Waals surface area contributed by atoms with Crippen LogP contribution < -0.4 is 5.73 Å². The third-order valence-electron chi connectivity index (χ3n) is 4.02. The molecule has 4 rings (SSSR count). The van der Waals surface area contributed by atoms with E-state index >= 15 is 0 Å². The van der Waals surface area contributed by atoms with Crippen LogP contribution in [0.1, 0.15) is 11.7 Å². The van der Waals surface area contributed by atoms with Crippen LogP contribution in [-0.2, 0) is 9.53 Å². The van der Waals surface area contributed by atoms with Gasteiger partial charge in [-0.3, -0.25) is 4.79 Å². The van der Waals surface area contributed by atoms with Gasteiger partial charge < -0.3 is 15.6 Å². The molecule has 1 aliphatic rings. The van der Waals surface area contributed by atoms with Crippen molar-refractivity contribution in [1.82, 2.24) is 0 Å². The number of Topliss-reactive ketones (excluding diaryl/α,β-unsaturated/α-hetero) is 1. The van der Waals surface area contributed by atoms with Gasteiger partial charge in [0, 0.05) is 5.56 Å². The van der Waals surface area contributed by atoms with Gasteiger partial charge in [-0.1, -0.05) is 48.5 Å². The summed E-state index contributed by atoms with van der Waals surface area (Å²) in [7, 11) is 0. The zero-order valence-corrected chi connectivity index (χ0v) is 11.6. The molecule has 3 aromatic carbocycles. The summed E-state index contributed by atoms with van der Waals surface area (Å²) in [5, 5.41) is 13.6. The van der Waals surface area contributed by atoms with E-state index in [-0.39, 0.29) is 5.88 Å². The van der Waals surface area contributed by atoms with Crippen LogP contribution in [0, 0.1) is 0 Å². The summed E-state index contributed by atoms with van der Waals surface area (Å²) in [4.78, 5) is 12.3. The molecular formula is C18H13NO3. The fourth-order valence-corrected chi connectivity index (χ4v) is 3.00. The first-order valence-corrected chi connectivity index (χ1v) is 6.97. The van der Waals surface area contributed by atoms with E-state index < -0.39 is 17.6 Å². The lowest BCUT2D eigenvalue weighted by Crippen LogP contribution is -2.11. The van der Waals surface area contributed by atoms with E-state index in [4.69, 9.17) is 10.5 Å². The van der Waals surface area contributed by atoms with E-state index in [0.29, 0.717) is 0 Å². The minimum atomic E-state index is -0.906. The lowest BCUT2D eigenvalue weighted by molar-refractivity contribution is -0.123. The number of nitrogens with two attached hydrogens (primary N) is 1. The molecule has 3 aromatic rings. The molecule has 1 aliphatic heterocycles. The number of carbonyl (C=O) groups is 1. The van der Waals surface area contributed by atoms with E-state index in [1.165, 1.54) is 0 Å². The summed E-state index contributed by atoms with van der Waals surface area (Å²) in [6.45, 7) is 0. The van der Waals surface area contributed by atoms with Crippen LogP contribution in [0.15, 0.2) is 66.2 Å². The maximum atomic E-state index is 12.3. The van der Waals surface area contributed by atoms with E-state index in [2.05, 4.69) is 6.07 Å². The largest absolute Gasteiger partial charge is 0.501 e. The highest BCUT2D eigenvalue weighted by Crippen LogP contribution is 2.38. The number of ether oxygens (including phenoxy) is 1. The Labute approximate surface area is 126 Å². The molecule has 0 saturated carbocycles. The lowest BCUT2D eigenvalue weighted by Gasteiger charge is -2.16. The van der Waals surface area contributed by atoms with Gasteiger partial charge in [0.25, 0.3) is 0 Å². The van der Waals surface area contributed by atoms with Crippen molar-refractivity contribution in [3.63, 3.8) is 0 Å². The number of ketones is 1. The Hall–Kier alpha value is -3.01. The Kier molecular flexibility index (Phi) is 2.60. The smallest absolute Gasteiger partial charge is 0.247 e. The van der Waals surface area contributed by atoms with Gasteiger partial charge in [0.1, 0.15) is 0 Å². The summed E-state index contributed by atoms with van der Waals surface area (Å²) >= 11 is 0. The van der Waals surface area contributed by atoms with Crippen molar-refractivity contribution in [2.24, 2.45) is 5.73 Å². The number of carbonyl (C=O) groups excluding carboxylic acids is 1. The highest BCUT2D eigenvalue weighted by molar-refractivity contribution is 6.09. The molecular weight excluding hydrogens is 278 g/mol. The molecule has 0 spiro atoms. The van der Waals surface area contributed by atoms with Gasteiger partial charge in [0.15, 0.2) is 6.10 Å². The molecule has 0 radical (unpaired) electrons. The molecule has 0 unspecified atom stereocenters. The number of hydrogen-bond acceptors (Lipinski definition) is 4. The van der Waals surface area contributed by atoms with Crippen LogP contribution in [0.2, 0.25) is 0 Å². The normalized spacial score (nSPS) is 18.2. The van der Waals surface area contributed by atoms with Gasteiger partial charge in [-0.2, -0.15) is 0 Å². The summed E-state index contributed by atoms with van der Waals surface area (Å²) in [5.74, 6) is -1.21. The van der Waals surface area contributed by atoms with Crippen LogP contribution in [0.3, 0.4) is 0 Å². The second-order valence-electron chi connectivity index (χ2n) is 5.31. The van der Waals surface area contributed by atoms with Crippen molar-refractivity contribution in [1.29, 1.82) is 0 Å². The van der Waals surface area contributed by atoms with E-state index in [9.17, 15) is 9.90 Å². The average Bonchev–Trinajstić information content (AvgIpc) is 2.80. The second kappa shape index (κ2) is 4.49. The van der Waals surface area contributed by atoms with Crippen molar-refractivity contribution in [2.45, 2.75) is 6.10 Å². The van der Waals surface area contributed by atoms with Gasteiger partial charge in [-0.25, -0.2) is 0 Å². The summed E-state index contributed by atoms with van der Waals surface area (Å²) < 4.78 is 5.45. The quantitative estimate of drug-likeness (QED) is 0.675. The second-order valence-corrected chi connectivity index (χ2v) is 5.31. The molecule has 0 aromatic heterocycles. The average molecular weight is 291 g/mol. The monoisotopic (exact) mass is 291 g/mol. The number of benzene rings is 3. The molecule has 0 fully saturated rings. The minimum Gasteiger partial charge on any atom is -0.501 e. The number of aliphatic hydroxyl groups is 1. The number of hydrogen-bond donors (Lipinski definition) is 2. The molecule has 0 aliphatic carbocycles. The molecule has 0 amide bonds. The predicted octanol–water partition coefficient (Wildman–Crippen LogP) is 3.32. The van der Waals surface area contributed by atoms with E-state index in [1.807, 2.05) is 48.5 Å². The molecule has 3 N–H and O–H groups in total. The molecule has 1 atom stereocenters. The topological polar surface area (TPSA) is 72.5 Å². The first kappa shape index (κ1) is 12.7. The van der Waals surface area contributed by atoms with Crippen molar-refractivity contribution >= 4 is 27.3 Å². The molecule has 108 valence electrons. The van der Waals surface area contributed by atoms with Crippen LogP contribution >= 0.6 is 0 Å². The Morgan fingerprint density at radius 1 is 0.955 bits per heavy atom. The van der Waals surface area contributed by atoms with Gasteiger partial charge >= 0.3 is 0 Å². The molecule has 0 saturated heterocycles. The van der Waals surface area contributed by atoms with Crippen LogP contribution in [-0.4, -0.2) is 10.9 Å².